The van der Waals surface area contributed by atoms with Crippen molar-refractivity contribution in [2.24, 2.45) is 5.92 Å². The maximum absolute atomic E-state index is 12.5. The SMILES string of the molecule is CCNC(=O)NC(=O)[C@H](C)OC(=O)c1ccc2[nH]c3c(c2c1)C[C@@H](C)CC3. The summed E-state index contributed by atoms with van der Waals surface area (Å²) in [5.74, 6) is -0.637. The summed E-state index contributed by atoms with van der Waals surface area (Å²) < 4.78 is 5.23. The summed E-state index contributed by atoms with van der Waals surface area (Å²) in [5.41, 5.74) is 3.90. The Hall–Kier alpha value is -2.83. The standard InChI is InChI=1S/C20H25N3O4/c1-4-21-20(26)23-18(24)12(3)27-19(25)13-6-8-17-15(10-13)14-9-11(2)5-7-16(14)22-17/h6,8,10-12,22H,4-5,7,9H2,1-3H3,(H2,21,23,24,26)/t11-,12-/m0/s1. The highest BCUT2D eigenvalue weighted by molar-refractivity contribution is 6.00. The van der Waals surface area contributed by atoms with Gasteiger partial charge in [-0.05, 0) is 62.8 Å². The smallest absolute Gasteiger partial charge is 0.338 e. The van der Waals surface area contributed by atoms with Crippen LogP contribution in [-0.2, 0) is 22.4 Å². The van der Waals surface area contributed by atoms with E-state index < -0.39 is 24.0 Å². The number of carbonyl (C=O) groups is 3. The number of aromatic amines is 1. The molecule has 3 N–H and O–H groups in total. The van der Waals surface area contributed by atoms with Crippen LogP contribution in [0.4, 0.5) is 4.79 Å². The molecule has 7 heteroatoms. The number of nitrogens with one attached hydrogen (secondary N) is 3. The van der Waals surface area contributed by atoms with E-state index in [1.807, 2.05) is 12.1 Å². The summed E-state index contributed by atoms with van der Waals surface area (Å²) >= 11 is 0. The van der Waals surface area contributed by atoms with Gasteiger partial charge in [0.1, 0.15) is 0 Å². The normalized spacial score (nSPS) is 17.1. The van der Waals surface area contributed by atoms with Crippen LogP contribution in [0.3, 0.4) is 0 Å². The number of benzene rings is 1. The highest BCUT2D eigenvalue weighted by Crippen LogP contribution is 2.32. The maximum Gasteiger partial charge on any atom is 0.338 e. The quantitative estimate of drug-likeness (QED) is 0.719. The molecule has 0 saturated carbocycles. The van der Waals surface area contributed by atoms with Crippen LogP contribution < -0.4 is 10.6 Å². The van der Waals surface area contributed by atoms with Gasteiger partial charge in [-0.3, -0.25) is 10.1 Å². The number of urea groups is 1. The van der Waals surface area contributed by atoms with Crippen molar-refractivity contribution in [3.05, 3.63) is 35.0 Å². The fourth-order valence-corrected chi connectivity index (χ4v) is 3.42. The fraction of sp³-hybridized carbons (Fsp3) is 0.450. The van der Waals surface area contributed by atoms with Gasteiger partial charge in [-0.1, -0.05) is 6.92 Å². The third-order valence-electron chi connectivity index (χ3n) is 4.90. The molecule has 0 bridgehead atoms. The number of rotatable bonds is 4. The van der Waals surface area contributed by atoms with Crippen LogP contribution in [0.15, 0.2) is 18.2 Å². The average Bonchev–Trinajstić information content (AvgIpc) is 2.98. The van der Waals surface area contributed by atoms with Gasteiger partial charge in [0.2, 0.25) is 0 Å². The predicted molar refractivity (Wildman–Crippen MR) is 102 cm³/mol. The molecule has 2 aromatic rings. The third kappa shape index (κ3) is 4.13. The number of hydrogen-bond donors (Lipinski definition) is 3. The molecule has 27 heavy (non-hydrogen) atoms. The van der Waals surface area contributed by atoms with Crippen molar-refractivity contribution in [3.63, 3.8) is 0 Å². The summed E-state index contributed by atoms with van der Waals surface area (Å²) in [5, 5.41) is 5.62. The Morgan fingerprint density at radius 1 is 1.33 bits per heavy atom. The molecule has 7 nitrogen and oxygen atoms in total. The molecule has 0 radical (unpaired) electrons. The Kier molecular flexibility index (Phi) is 5.48. The molecule has 3 rings (SSSR count). The van der Waals surface area contributed by atoms with E-state index in [1.165, 1.54) is 18.2 Å². The van der Waals surface area contributed by atoms with Crippen LogP contribution in [0, 0.1) is 5.92 Å². The van der Waals surface area contributed by atoms with Gasteiger partial charge in [0.25, 0.3) is 5.91 Å². The lowest BCUT2D eigenvalue weighted by Gasteiger charge is -2.18. The maximum atomic E-state index is 12.5. The number of fused-ring (bicyclic) bond motifs is 3. The van der Waals surface area contributed by atoms with Gasteiger partial charge in [0.05, 0.1) is 5.56 Å². The minimum absolute atomic E-state index is 0.389. The lowest BCUT2D eigenvalue weighted by molar-refractivity contribution is -0.127. The first-order chi connectivity index (χ1) is 12.9. The lowest BCUT2D eigenvalue weighted by Crippen LogP contribution is -2.44. The van der Waals surface area contributed by atoms with E-state index in [2.05, 4.69) is 22.5 Å². The monoisotopic (exact) mass is 371 g/mol. The molecular formula is C20H25N3O4. The van der Waals surface area contributed by atoms with Crippen molar-refractivity contribution in [3.8, 4) is 0 Å². The summed E-state index contributed by atoms with van der Waals surface area (Å²) in [6.45, 7) is 5.80. The minimum Gasteiger partial charge on any atom is -0.449 e. The van der Waals surface area contributed by atoms with Crippen LogP contribution in [0.5, 0.6) is 0 Å². The van der Waals surface area contributed by atoms with Crippen LogP contribution in [0.25, 0.3) is 10.9 Å². The van der Waals surface area contributed by atoms with E-state index in [4.69, 9.17) is 4.74 Å². The van der Waals surface area contributed by atoms with Crippen molar-refractivity contribution < 1.29 is 19.1 Å². The number of esters is 1. The number of hydrogen-bond acceptors (Lipinski definition) is 4. The van der Waals surface area contributed by atoms with Crippen molar-refractivity contribution in [1.29, 1.82) is 0 Å². The first-order valence-corrected chi connectivity index (χ1v) is 9.32. The highest BCUT2D eigenvalue weighted by Gasteiger charge is 2.23. The molecule has 1 aliphatic rings. The Morgan fingerprint density at radius 3 is 2.85 bits per heavy atom. The van der Waals surface area contributed by atoms with Gasteiger partial charge < -0.3 is 15.0 Å². The van der Waals surface area contributed by atoms with Crippen LogP contribution in [0.2, 0.25) is 0 Å². The van der Waals surface area contributed by atoms with E-state index in [0.717, 1.165) is 30.2 Å². The summed E-state index contributed by atoms with van der Waals surface area (Å²) in [6.07, 6.45) is 2.09. The van der Waals surface area contributed by atoms with E-state index in [1.54, 1.807) is 13.0 Å². The molecular weight excluding hydrogens is 346 g/mol. The Bertz CT molecular complexity index is 887. The molecule has 2 atom stereocenters. The molecule has 0 unspecified atom stereocenters. The molecule has 0 saturated heterocycles. The molecule has 1 aromatic heterocycles. The zero-order valence-corrected chi connectivity index (χ0v) is 15.8. The van der Waals surface area contributed by atoms with Gasteiger partial charge in [0, 0.05) is 23.1 Å². The summed E-state index contributed by atoms with van der Waals surface area (Å²) in [4.78, 5) is 39.2. The molecule has 0 aliphatic heterocycles. The topological polar surface area (TPSA) is 100 Å². The van der Waals surface area contributed by atoms with Crippen molar-refractivity contribution in [2.45, 2.75) is 46.1 Å². The Morgan fingerprint density at radius 2 is 2.11 bits per heavy atom. The average molecular weight is 371 g/mol. The lowest BCUT2D eigenvalue weighted by atomic mass is 9.87. The number of amides is 3. The van der Waals surface area contributed by atoms with E-state index in [9.17, 15) is 14.4 Å². The molecule has 1 aliphatic carbocycles. The largest absolute Gasteiger partial charge is 0.449 e. The number of ether oxygens (including phenoxy) is 1. The van der Waals surface area contributed by atoms with Gasteiger partial charge >= 0.3 is 12.0 Å². The second-order valence-corrected chi connectivity index (χ2v) is 7.09. The Balaban J connectivity index is 1.73. The van der Waals surface area contributed by atoms with Gasteiger partial charge in [0.15, 0.2) is 6.10 Å². The molecule has 0 spiro atoms. The van der Waals surface area contributed by atoms with E-state index in [0.29, 0.717) is 18.0 Å². The Labute approximate surface area is 157 Å². The first kappa shape index (κ1) is 18.9. The molecule has 1 aromatic carbocycles. The second-order valence-electron chi connectivity index (χ2n) is 7.09. The summed E-state index contributed by atoms with van der Waals surface area (Å²) in [7, 11) is 0. The number of imide groups is 1. The van der Waals surface area contributed by atoms with Crippen LogP contribution in [0.1, 0.15) is 48.8 Å². The molecule has 144 valence electrons. The first-order valence-electron chi connectivity index (χ1n) is 9.32. The number of H-pyrrole nitrogens is 1. The predicted octanol–water partition coefficient (Wildman–Crippen LogP) is 2.68. The van der Waals surface area contributed by atoms with Crippen LogP contribution in [-0.4, -0.2) is 35.5 Å². The second kappa shape index (κ2) is 7.82. The number of aryl methyl sites for hydroxylation is 1. The molecule has 3 amide bonds. The number of aromatic nitrogens is 1. The molecule has 0 fully saturated rings. The van der Waals surface area contributed by atoms with Gasteiger partial charge in [-0.15, -0.1) is 0 Å². The van der Waals surface area contributed by atoms with Crippen molar-refractivity contribution in [1.82, 2.24) is 15.6 Å². The zero-order chi connectivity index (χ0) is 19.6. The van der Waals surface area contributed by atoms with Crippen molar-refractivity contribution in [2.75, 3.05) is 6.54 Å². The fourth-order valence-electron chi connectivity index (χ4n) is 3.42. The molecule has 1 heterocycles. The minimum atomic E-state index is -1.07. The van der Waals surface area contributed by atoms with Crippen LogP contribution >= 0.6 is 0 Å². The third-order valence-corrected chi connectivity index (χ3v) is 4.90. The van der Waals surface area contributed by atoms with E-state index >= 15 is 0 Å². The highest BCUT2D eigenvalue weighted by atomic mass is 16.5. The number of carbonyl (C=O) groups excluding carboxylic acids is 3. The van der Waals surface area contributed by atoms with Gasteiger partial charge in [-0.25, -0.2) is 9.59 Å². The van der Waals surface area contributed by atoms with Crippen molar-refractivity contribution >= 4 is 28.8 Å². The van der Waals surface area contributed by atoms with E-state index in [-0.39, 0.29) is 0 Å². The van der Waals surface area contributed by atoms with Gasteiger partial charge in [-0.2, -0.15) is 0 Å². The zero-order valence-electron chi connectivity index (χ0n) is 15.8. The summed E-state index contributed by atoms with van der Waals surface area (Å²) in [6, 6.07) is 4.76.